The van der Waals surface area contributed by atoms with Crippen LogP contribution < -0.4 is 10.6 Å². The van der Waals surface area contributed by atoms with Crippen molar-refractivity contribution in [3.8, 4) is 0 Å². The van der Waals surface area contributed by atoms with Crippen molar-refractivity contribution in [2.45, 2.75) is 6.42 Å². The van der Waals surface area contributed by atoms with E-state index in [2.05, 4.69) is 15.7 Å². The molecule has 1 rings (SSSR count). The summed E-state index contributed by atoms with van der Waals surface area (Å²) in [6.45, 7) is 0.608. The molecule has 0 aliphatic carbocycles. The van der Waals surface area contributed by atoms with E-state index in [-0.39, 0.29) is 6.03 Å². The number of carbonyl (C=O) groups is 1. The minimum absolute atomic E-state index is 0.157. The molecule has 0 saturated carbocycles. The number of nitrogens with zero attached hydrogens (tertiary/aromatic N) is 2. The molecular formula is C8H14N4O. The van der Waals surface area contributed by atoms with E-state index in [9.17, 15) is 4.79 Å². The van der Waals surface area contributed by atoms with E-state index in [0.717, 1.165) is 12.1 Å². The van der Waals surface area contributed by atoms with Gasteiger partial charge in [-0.2, -0.15) is 5.10 Å². The second kappa shape index (κ2) is 4.49. The topological polar surface area (TPSA) is 59.0 Å². The van der Waals surface area contributed by atoms with E-state index in [0.29, 0.717) is 6.54 Å². The molecule has 0 bridgehead atoms. The molecule has 1 heterocycles. The van der Waals surface area contributed by atoms with Gasteiger partial charge in [-0.25, -0.2) is 4.79 Å². The molecule has 5 heteroatoms. The number of urea groups is 1. The predicted molar refractivity (Wildman–Crippen MR) is 49.4 cm³/mol. The van der Waals surface area contributed by atoms with Crippen LogP contribution in [0.25, 0.3) is 0 Å². The molecule has 0 aliphatic heterocycles. The van der Waals surface area contributed by atoms with Gasteiger partial charge in [-0.15, -0.1) is 0 Å². The van der Waals surface area contributed by atoms with Crippen molar-refractivity contribution < 1.29 is 4.79 Å². The van der Waals surface area contributed by atoms with Crippen LogP contribution >= 0.6 is 0 Å². The molecule has 0 unspecified atom stereocenters. The van der Waals surface area contributed by atoms with Crippen molar-refractivity contribution in [1.82, 2.24) is 20.4 Å². The molecule has 0 radical (unpaired) electrons. The van der Waals surface area contributed by atoms with Crippen LogP contribution in [0.5, 0.6) is 0 Å². The van der Waals surface area contributed by atoms with Crippen LogP contribution in [0.4, 0.5) is 4.79 Å². The largest absolute Gasteiger partial charge is 0.341 e. The van der Waals surface area contributed by atoms with Crippen LogP contribution in [0, 0.1) is 0 Å². The van der Waals surface area contributed by atoms with Gasteiger partial charge in [0, 0.05) is 33.3 Å². The Balaban J connectivity index is 2.24. The minimum atomic E-state index is -0.157. The average Bonchev–Trinajstić information content (AvgIpc) is 2.51. The molecular weight excluding hydrogens is 168 g/mol. The molecule has 0 spiro atoms. The Morgan fingerprint density at radius 2 is 2.46 bits per heavy atom. The first kappa shape index (κ1) is 9.57. The summed E-state index contributed by atoms with van der Waals surface area (Å²) in [5.41, 5.74) is 0.985. The van der Waals surface area contributed by atoms with Gasteiger partial charge >= 0.3 is 6.03 Å². The number of rotatable bonds is 3. The van der Waals surface area contributed by atoms with Crippen molar-refractivity contribution in [3.05, 3.63) is 18.0 Å². The van der Waals surface area contributed by atoms with E-state index in [1.807, 2.05) is 19.3 Å². The van der Waals surface area contributed by atoms with Crippen molar-refractivity contribution >= 4 is 6.03 Å². The van der Waals surface area contributed by atoms with Crippen LogP contribution in [0.3, 0.4) is 0 Å². The molecule has 0 aliphatic rings. The molecule has 13 heavy (non-hydrogen) atoms. The molecule has 0 aromatic carbocycles. The lowest BCUT2D eigenvalue weighted by Gasteiger charge is -2.01. The molecule has 2 N–H and O–H groups in total. The monoisotopic (exact) mass is 182 g/mol. The van der Waals surface area contributed by atoms with Gasteiger partial charge < -0.3 is 10.6 Å². The Morgan fingerprint density at radius 1 is 1.69 bits per heavy atom. The Hall–Kier alpha value is -1.52. The third-order valence-corrected chi connectivity index (χ3v) is 1.66. The number of aryl methyl sites for hydroxylation is 1. The lowest BCUT2D eigenvalue weighted by molar-refractivity contribution is 0.243. The second-order valence-electron chi connectivity index (χ2n) is 2.74. The van der Waals surface area contributed by atoms with Crippen LogP contribution in [-0.2, 0) is 13.5 Å². The fourth-order valence-corrected chi connectivity index (χ4v) is 0.989. The first-order valence-corrected chi connectivity index (χ1v) is 4.16. The summed E-state index contributed by atoms with van der Waals surface area (Å²) in [6.07, 6.45) is 2.64. The quantitative estimate of drug-likeness (QED) is 0.685. The van der Waals surface area contributed by atoms with Gasteiger partial charge in [0.25, 0.3) is 0 Å². The maximum Gasteiger partial charge on any atom is 0.314 e. The van der Waals surface area contributed by atoms with Crippen molar-refractivity contribution in [2.75, 3.05) is 13.6 Å². The fraction of sp³-hybridized carbons (Fsp3) is 0.500. The number of amides is 2. The van der Waals surface area contributed by atoms with Crippen molar-refractivity contribution in [3.63, 3.8) is 0 Å². The predicted octanol–water partition coefficient (Wildman–Crippen LogP) is -0.108. The van der Waals surface area contributed by atoms with E-state index in [1.54, 1.807) is 11.7 Å². The lowest BCUT2D eigenvalue weighted by atomic mass is 10.3. The summed E-state index contributed by atoms with van der Waals surface area (Å²) in [6, 6.07) is 1.78. The standard InChI is InChI=1S/C8H14N4O/c1-9-8(13)10-5-3-7-4-6-12(2)11-7/h4,6H,3,5H2,1-2H3,(H2,9,10,13). The number of hydrogen-bond acceptors (Lipinski definition) is 2. The van der Waals surface area contributed by atoms with Gasteiger partial charge in [-0.05, 0) is 6.07 Å². The molecule has 1 aromatic heterocycles. The third kappa shape index (κ3) is 3.14. The normalized spacial score (nSPS) is 9.69. The highest BCUT2D eigenvalue weighted by molar-refractivity contribution is 5.73. The highest BCUT2D eigenvalue weighted by Gasteiger charge is 1.98. The highest BCUT2D eigenvalue weighted by Crippen LogP contribution is 1.93. The Bertz CT molecular complexity index is 281. The summed E-state index contributed by atoms with van der Waals surface area (Å²) in [5, 5.41) is 9.35. The summed E-state index contributed by atoms with van der Waals surface area (Å²) >= 11 is 0. The van der Waals surface area contributed by atoms with E-state index in [4.69, 9.17) is 0 Å². The molecule has 5 nitrogen and oxygen atoms in total. The Morgan fingerprint density at radius 3 is 3.00 bits per heavy atom. The molecule has 1 aromatic rings. The molecule has 0 fully saturated rings. The summed E-state index contributed by atoms with van der Waals surface area (Å²) in [7, 11) is 3.46. The highest BCUT2D eigenvalue weighted by atomic mass is 16.2. The SMILES string of the molecule is CNC(=O)NCCc1ccn(C)n1. The second-order valence-corrected chi connectivity index (χ2v) is 2.74. The number of carbonyl (C=O) groups excluding carboxylic acids is 1. The minimum Gasteiger partial charge on any atom is -0.341 e. The first-order valence-electron chi connectivity index (χ1n) is 4.16. The first-order chi connectivity index (χ1) is 6.22. The van der Waals surface area contributed by atoms with Gasteiger partial charge in [0.1, 0.15) is 0 Å². The maximum atomic E-state index is 10.8. The molecule has 0 atom stereocenters. The van der Waals surface area contributed by atoms with Crippen LogP contribution in [-0.4, -0.2) is 29.4 Å². The Labute approximate surface area is 77.1 Å². The third-order valence-electron chi connectivity index (χ3n) is 1.66. The maximum absolute atomic E-state index is 10.8. The Kier molecular flexibility index (Phi) is 3.31. The van der Waals surface area contributed by atoms with Crippen molar-refractivity contribution in [2.24, 2.45) is 7.05 Å². The van der Waals surface area contributed by atoms with Gasteiger partial charge in [-0.1, -0.05) is 0 Å². The molecule has 72 valence electrons. The van der Waals surface area contributed by atoms with Crippen LogP contribution in [0.1, 0.15) is 5.69 Å². The fourth-order valence-electron chi connectivity index (χ4n) is 0.989. The van der Waals surface area contributed by atoms with Gasteiger partial charge in [-0.3, -0.25) is 4.68 Å². The van der Waals surface area contributed by atoms with E-state index < -0.39 is 0 Å². The van der Waals surface area contributed by atoms with Gasteiger partial charge in [0.15, 0.2) is 0 Å². The number of nitrogens with one attached hydrogen (secondary N) is 2. The molecule has 2 amide bonds. The zero-order chi connectivity index (χ0) is 9.68. The van der Waals surface area contributed by atoms with Gasteiger partial charge in [0.05, 0.1) is 5.69 Å². The smallest absolute Gasteiger partial charge is 0.314 e. The van der Waals surface area contributed by atoms with Gasteiger partial charge in [0.2, 0.25) is 0 Å². The zero-order valence-corrected chi connectivity index (χ0v) is 7.87. The van der Waals surface area contributed by atoms with E-state index >= 15 is 0 Å². The summed E-state index contributed by atoms with van der Waals surface area (Å²) in [5.74, 6) is 0. The number of hydrogen-bond donors (Lipinski definition) is 2. The molecule has 0 saturated heterocycles. The van der Waals surface area contributed by atoms with E-state index in [1.165, 1.54) is 0 Å². The van der Waals surface area contributed by atoms with Crippen LogP contribution in [0.2, 0.25) is 0 Å². The summed E-state index contributed by atoms with van der Waals surface area (Å²) in [4.78, 5) is 10.8. The average molecular weight is 182 g/mol. The van der Waals surface area contributed by atoms with Crippen LogP contribution in [0.15, 0.2) is 12.3 Å². The summed E-state index contributed by atoms with van der Waals surface area (Å²) < 4.78 is 1.75. The number of aromatic nitrogens is 2. The zero-order valence-electron chi connectivity index (χ0n) is 7.87. The lowest BCUT2D eigenvalue weighted by Crippen LogP contribution is -2.34. The van der Waals surface area contributed by atoms with Crippen molar-refractivity contribution in [1.29, 1.82) is 0 Å².